The Hall–Kier alpha value is -2.70. The van der Waals surface area contributed by atoms with Gasteiger partial charge in [-0.2, -0.15) is 0 Å². The first-order chi connectivity index (χ1) is 13.8. The summed E-state index contributed by atoms with van der Waals surface area (Å²) in [4.78, 5) is 18.2. The zero-order valence-electron chi connectivity index (χ0n) is 15.8. The summed E-state index contributed by atoms with van der Waals surface area (Å²) in [5.74, 6) is -1.40. The molecule has 1 aliphatic rings. The van der Waals surface area contributed by atoms with Gasteiger partial charge in [0.25, 0.3) is 0 Å². The van der Waals surface area contributed by atoms with Crippen LogP contribution in [0.25, 0.3) is 10.9 Å². The third-order valence-corrected chi connectivity index (χ3v) is 6.13. The summed E-state index contributed by atoms with van der Waals surface area (Å²) in [5.41, 5.74) is 1.75. The summed E-state index contributed by atoms with van der Waals surface area (Å²) in [6.07, 6.45) is 2.16. The molecule has 29 heavy (non-hydrogen) atoms. The van der Waals surface area contributed by atoms with Gasteiger partial charge in [0.1, 0.15) is 11.4 Å². The smallest absolute Gasteiger partial charge is 0.339 e. The number of hydrogen-bond donors (Lipinski definition) is 2. The number of aryl methyl sites for hydroxylation is 1. The van der Waals surface area contributed by atoms with Gasteiger partial charge in [-0.25, -0.2) is 9.18 Å². The first-order valence-corrected chi connectivity index (χ1v) is 9.72. The highest BCUT2D eigenvalue weighted by molar-refractivity contribution is 6.32. The maximum absolute atomic E-state index is 13.2. The van der Waals surface area contributed by atoms with Crippen molar-refractivity contribution < 1.29 is 19.4 Å². The lowest BCUT2D eigenvalue weighted by atomic mass is 9.84. The monoisotopic (exact) mass is 414 g/mol. The van der Waals surface area contributed by atoms with Crippen molar-refractivity contribution in [2.45, 2.75) is 25.4 Å². The Bertz CT molecular complexity index is 1090. The minimum atomic E-state index is -1.07. The SMILES string of the molecule is Cc1c(Cl)ccc2c(N3CCC(O)(c4ccc(F)cc4)CC3)c(C(=O)O)cnc12. The summed E-state index contributed by atoms with van der Waals surface area (Å²) < 4.78 is 13.2. The summed E-state index contributed by atoms with van der Waals surface area (Å²) in [6, 6.07) is 9.41. The van der Waals surface area contributed by atoms with Gasteiger partial charge in [-0.05, 0) is 55.2 Å². The van der Waals surface area contributed by atoms with E-state index in [0.29, 0.717) is 47.7 Å². The van der Waals surface area contributed by atoms with Gasteiger partial charge in [0.15, 0.2) is 0 Å². The number of benzene rings is 2. The molecule has 0 spiro atoms. The molecule has 2 aromatic carbocycles. The lowest BCUT2D eigenvalue weighted by Gasteiger charge is -2.40. The first-order valence-electron chi connectivity index (χ1n) is 9.35. The molecule has 2 N–H and O–H groups in total. The lowest BCUT2D eigenvalue weighted by Crippen LogP contribution is -2.43. The number of hydrogen-bond acceptors (Lipinski definition) is 4. The Morgan fingerprint density at radius 1 is 1.17 bits per heavy atom. The standard InChI is InChI=1S/C22H20ClFN2O3/c1-13-18(23)7-6-16-19(13)25-12-17(21(27)28)20(16)26-10-8-22(29,9-11-26)14-2-4-15(24)5-3-14/h2-7,12,29H,8-11H2,1H3,(H,27,28). The van der Waals surface area contributed by atoms with Crippen molar-refractivity contribution in [3.8, 4) is 0 Å². The molecule has 1 aromatic heterocycles. The van der Waals surface area contributed by atoms with Gasteiger partial charge >= 0.3 is 5.97 Å². The number of aromatic carboxylic acids is 1. The molecule has 0 atom stereocenters. The van der Waals surface area contributed by atoms with Gasteiger partial charge in [0.2, 0.25) is 0 Å². The Balaban J connectivity index is 1.72. The van der Waals surface area contributed by atoms with E-state index in [0.717, 1.165) is 10.9 Å². The van der Waals surface area contributed by atoms with Crippen LogP contribution in [0.3, 0.4) is 0 Å². The van der Waals surface area contributed by atoms with E-state index in [1.165, 1.54) is 18.3 Å². The van der Waals surface area contributed by atoms with Crippen molar-refractivity contribution in [1.82, 2.24) is 4.98 Å². The van der Waals surface area contributed by atoms with E-state index in [1.54, 1.807) is 24.3 Å². The summed E-state index contributed by atoms with van der Waals surface area (Å²) in [7, 11) is 0. The molecule has 0 bridgehead atoms. The number of carboxylic acid groups (broad SMARTS) is 1. The fourth-order valence-corrected chi connectivity index (χ4v) is 4.17. The van der Waals surface area contributed by atoms with Crippen molar-refractivity contribution in [1.29, 1.82) is 0 Å². The van der Waals surface area contributed by atoms with E-state index in [-0.39, 0.29) is 11.4 Å². The Morgan fingerprint density at radius 3 is 2.45 bits per heavy atom. The molecule has 0 unspecified atom stereocenters. The average Bonchev–Trinajstić information content (AvgIpc) is 2.71. The van der Waals surface area contributed by atoms with E-state index < -0.39 is 11.6 Å². The molecule has 1 fully saturated rings. The van der Waals surface area contributed by atoms with Gasteiger partial charge in [-0.1, -0.05) is 23.7 Å². The number of aliphatic hydroxyl groups is 1. The number of halogens is 2. The number of carboxylic acids is 1. The third kappa shape index (κ3) is 3.43. The highest BCUT2D eigenvalue weighted by Gasteiger charge is 2.35. The van der Waals surface area contributed by atoms with Crippen LogP contribution in [-0.4, -0.2) is 34.3 Å². The van der Waals surface area contributed by atoms with Crippen molar-refractivity contribution in [2.24, 2.45) is 0 Å². The molecule has 7 heteroatoms. The average molecular weight is 415 g/mol. The second kappa shape index (κ2) is 7.28. The number of fused-ring (bicyclic) bond motifs is 1. The van der Waals surface area contributed by atoms with Crippen LogP contribution in [0.4, 0.5) is 10.1 Å². The van der Waals surface area contributed by atoms with Crippen LogP contribution in [0.5, 0.6) is 0 Å². The fourth-order valence-electron chi connectivity index (χ4n) is 4.01. The highest BCUT2D eigenvalue weighted by atomic mass is 35.5. The quantitative estimate of drug-likeness (QED) is 0.659. The van der Waals surface area contributed by atoms with Crippen LogP contribution in [0.15, 0.2) is 42.6 Å². The second-order valence-corrected chi connectivity index (χ2v) is 7.83. The van der Waals surface area contributed by atoms with Crippen LogP contribution < -0.4 is 4.90 Å². The van der Waals surface area contributed by atoms with Crippen molar-refractivity contribution >= 4 is 34.2 Å². The second-order valence-electron chi connectivity index (χ2n) is 7.42. The molecular weight excluding hydrogens is 395 g/mol. The molecule has 150 valence electrons. The van der Waals surface area contributed by atoms with E-state index >= 15 is 0 Å². The normalized spacial score (nSPS) is 16.2. The van der Waals surface area contributed by atoms with E-state index in [2.05, 4.69) is 4.98 Å². The minimum absolute atomic E-state index is 0.117. The summed E-state index contributed by atoms with van der Waals surface area (Å²) >= 11 is 6.21. The third-order valence-electron chi connectivity index (χ3n) is 5.72. The van der Waals surface area contributed by atoms with Crippen molar-refractivity contribution in [2.75, 3.05) is 18.0 Å². The van der Waals surface area contributed by atoms with Gasteiger partial charge < -0.3 is 15.1 Å². The van der Waals surface area contributed by atoms with Gasteiger partial charge in [0, 0.05) is 29.7 Å². The van der Waals surface area contributed by atoms with E-state index in [1.807, 2.05) is 11.8 Å². The van der Waals surface area contributed by atoms with Crippen molar-refractivity contribution in [3.05, 3.63) is 70.1 Å². The number of anilines is 1. The fraction of sp³-hybridized carbons (Fsp3) is 0.273. The number of piperidine rings is 1. The van der Waals surface area contributed by atoms with Gasteiger partial charge in [-0.15, -0.1) is 0 Å². The van der Waals surface area contributed by atoms with E-state index in [9.17, 15) is 19.4 Å². The highest BCUT2D eigenvalue weighted by Crippen LogP contribution is 2.39. The topological polar surface area (TPSA) is 73.7 Å². The van der Waals surface area contributed by atoms with Crippen molar-refractivity contribution in [3.63, 3.8) is 0 Å². The molecule has 4 rings (SSSR count). The number of pyridine rings is 1. The Labute approximate surface area is 172 Å². The maximum atomic E-state index is 13.2. The zero-order chi connectivity index (χ0) is 20.8. The molecule has 3 aromatic rings. The Morgan fingerprint density at radius 2 is 1.83 bits per heavy atom. The van der Waals surface area contributed by atoms with Gasteiger partial charge in [-0.3, -0.25) is 4.98 Å². The number of aromatic nitrogens is 1. The molecule has 1 saturated heterocycles. The zero-order valence-corrected chi connectivity index (χ0v) is 16.6. The predicted molar refractivity (Wildman–Crippen MR) is 110 cm³/mol. The minimum Gasteiger partial charge on any atom is -0.478 e. The predicted octanol–water partition coefficient (Wildman–Crippen LogP) is 4.52. The van der Waals surface area contributed by atoms with Gasteiger partial charge in [0.05, 0.1) is 16.8 Å². The number of nitrogens with zero attached hydrogens (tertiary/aromatic N) is 2. The van der Waals surface area contributed by atoms with Crippen LogP contribution >= 0.6 is 11.6 Å². The molecule has 0 aliphatic carbocycles. The van der Waals surface area contributed by atoms with E-state index in [4.69, 9.17) is 11.6 Å². The molecule has 1 aliphatic heterocycles. The molecule has 0 amide bonds. The molecule has 2 heterocycles. The molecule has 5 nitrogen and oxygen atoms in total. The largest absolute Gasteiger partial charge is 0.478 e. The van der Waals surface area contributed by atoms with Crippen LogP contribution in [0, 0.1) is 12.7 Å². The maximum Gasteiger partial charge on any atom is 0.339 e. The molecular formula is C22H20ClFN2O3. The summed E-state index contributed by atoms with van der Waals surface area (Å²) in [5, 5.41) is 22.1. The van der Waals surface area contributed by atoms with Crippen LogP contribution in [0.2, 0.25) is 5.02 Å². The number of carbonyl (C=O) groups is 1. The number of rotatable bonds is 3. The molecule has 0 radical (unpaired) electrons. The Kier molecular flexibility index (Phi) is 4.92. The summed E-state index contributed by atoms with van der Waals surface area (Å²) in [6.45, 7) is 2.76. The first kappa shape index (κ1) is 19.6. The van der Waals surface area contributed by atoms with Crippen LogP contribution in [-0.2, 0) is 5.60 Å². The van der Waals surface area contributed by atoms with Crippen LogP contribution in [0.1, 0.15) is 34.3 Å². The molecule has 0 saturated carbocycles. The lowest BCUT2D eigenvalue weighted by molar-refractivity contribution is 0.0117.